The zero-order valence-corrected chi connectivity index (χ0v) is 11.1. The summed E-state index contributed by atoms with van der Waals surface area (Å²) in [5.74, 6) is 0.893. The number of ketones is 1. The number of Topliss-reactive ketones (excluding diaryl/α,β-unsaturated/α-hetero) is 1. The molecule has 1 heterocycles. The van der Waals surface area contributed by atoms with E-state index >= 15 is 0 Å². The van der Waals surface area contributed by atoms with Crippen LogP contribution in [0.3, 0.4) is 0 Å². The summed E-state index contributed by atoms with van der Waals surface area (Å²) in [6, 6.07) is 7.47. The molecule has 3 rings (SSSR count). The lowest BCUT2D eigenvalue weighted by Crippen LogP contribution is -2.38. The maximum Gasteiger partial charge on any atom is 0.227 e. The summed E-state index contributed by atoms with van der Waals surface area (Å²) in [5, 5.41) is 0. The van der Waals surface area contributed by atoms with Gasteiger partial charge in [0.2, 0.25) is 5.91 Å². The predicted octanol–water partition coefficient (Wildman–Crippen LogP) is 3.19. The van der Waals surface area contributed by atoms with E-state index in [1.807, 2.05) is 29.2 Å². The molecule has 100 valence electrons. The number of anilines is 1. The molecule has 0 aromatic heterocycles. The molecule has 3 heteroatoms. The van der Waals surface area contributed by atoms with E-state index in [1.54, 1.807) is 0 Å². The molecule has 1 aromatic carbocycles. The molecular formula is C16H19NO2. The average Bonchev–Trinajstić information content (AvgIpc) is 2.92. The number of fused-ring (bicyclic) bond motifs is 1. The summed E-state index contributed by atoms with van der Waals surface area (Å²) in [4.78, 5) is 26.1. The van der Waals surface area contributed by atoms with Gasteiger partial charge >= 0.3 is 0 Å². The van der Waals surface area contributed by atoms with Crippen molar-refractivity contribution in [1.29, 1.82) is 0 Å². The van der Waals surface area contributed by atoms with Gasteiger partial charge in [0.05, 0.1) is 5.69 Å². The fraction of sp³-hybridized carbons (Fsp3) is 0.500. The fourth-order valence-corrected chi connectivity index (χ4v) is 3.24. The van der Waals surface area contributed by atoms with Crippen LogP contribution in [0.5, 0.6) is 0 Å². The van der Waals surface area contributed by atoms with Gasteiger partial charge in [0.25, 0.3) is 0 Å². The highest BCUT2D eigenvalue weighted by atomic mass is 16.2. The molecule has 3 nitrogen and oxygen atoms in total. The Labute approximate surface area is 113 Å². The standard InChI is InChI=1S/C16H19NO2/c18-15-9-10-17(14-8-4-3-7-13(14)15)16(19)11-12-5-1-2-6-12/h3-4,7-8,12H,1-2,5-6,9-11H2. The molecule has 1 aliphatic carbocycles. The van der Waals surface area contributed by atoms with Crippen molar-refractivity contribution in [2.75, 3.05) is 11.4 Å². The van der Waals surface area contributed by atoms with Gasteiger partial charge in [-0.15, -0.1) is 0 Å². The number of para-hydroxylation sites is 1. The van der Waals surface area contributed by atoms with E-state index in [0.717, 1.165) is 5.69 Å². The Bertz CT molecular complexity index is 503. The second-order valence-corrected chi connectivity index (χ2v) is 5.59. The third kappa shape index (κ3) is 2.42. The summed E-state index contributed by atoms with van der Waals surface area (Å²) in [5.41, 5.74) is 1.51. The molecule has 0 radical (unpaired) electrons. The number of hydrogen-bond acceptors (Lipinski definition) is 2. The van der Waals surface area contributed by atoms with Gasteiger partial charge in [-0.2, -0.15) is 0 Å². The molecule has 19 heavy (non-hydrogen) atoms. The average molecular weight is 257 g/mol. The van der Waals surface area contributed by atoms with Gasteiger partial charge in [0.15, 0.2) is 5.78 Å². The molecule has 1 aromatic rings. The minimum Gasteiger partial charge on any atom is -0.311 e. The van der Waals surface area contributed by atoms with Crippen LogP contribution in [0, 0.1) is 5.92 Å². The van der Waals surface area contributed by atoms with Crippen molar-refractivity contribution in [3.8, 4) is 0 Å². The van der Waals surface area contributed by atoms with Gasteiger partial charge in [0, 0.05) is 24.9 Å². The van der Waals surface area contributed by atoms with E-state index in [9.17, 15) is 9.59 Å². The van der Waals surface area contributed by atoms with Gasteiger partial charge in [-0.25, -0.2) is 0 Å². The first-order valence-corrected chi connectivity index (χ1v) is 7.18. The smallest absolute Gasteiger partial charge is 0.227 e. The minimum absolute atomic E-state index is 0.153. The first kappa shape index (κ1) is 12.4. The SMILES string of the molecule is O=C1CCN(C(=O)CC2CCCC2)c2ccccc21. The van der Waals surface area contributed by atoms with Crippen molar-refractivity contribution in [2.24, 2.45) is 5.92 Å². The molecule has 0 atom stereocenters. The Morgan fingerprint density at radius 2 is 1.95 bits per heavy atom. The van der Waals surface area contributed by atoms with Gasteiger partial charge in [-0.1, -0.05) is 25.0 Å². The number of rotatable bonds is 2. The quantitative estimate of drug-likeness (QED) is 0.816. The second-order valence-electron chi connectivity index (χ2n) is 5.59. The Hall–Kier alpha value is -1.64. The van der Waals surface area contributed by atoms with Crippen LogP contribution in [-0.4, -0.2) is 18.2 Å². The van der Waals surface area contributed by atoms with E-state index in [2.05, 4.69) is 0 Å². The normalized spacial score (nSPS) is 19.6. The van der Waals surface area contributed by atoms with E-state index < -0.39 is 0 Å². The van der Waals surface area contributed by atoms with Gasteiger partial charge in [-0.3, -0.25) is 9.59 Å². The predicted molar refractivity (Wildman–Crippen MR) is 74.3 cm³/mol. The minimum atomic E-state index is 0.153. The summed E-state index contributed by atoms with van der Waals surface area (Å²) in [6.07, 6.45) is 5.97. The largest absolute Gasteiger partial charge is 0.311 e. The third-order valence-electron chi connectivity index (χ3n) is 4.30. The monoisotopic (exact) mass is 257 g/mol. The maximum absolute atomic E-state index is 12.4. The highest BCUT2D eigenvalue weighted by Gasteiger charge is 2.28. The van der Waals surface area contributed by atoms with Crippen LogP contribution in [0.4, 0.5) is 5.69 Å². The van der Waals surface area contributed by atoms with Gasteiger partial charge in [0.1, 0.15) is 0 Å². The van der Waals surface area contributed by atoms with Crippen LogP contribution in [0.2, 0.25) is 0 Å². The highest BCUT2D eigenvalue weighted by Crippen LogP contribution is 2.31. The van der Waals surface area contributed by atoms with Crippen LogP contribution in [0.15, 0.2) is 24.3 Å². The Kier molecular flexibility index (Phi) is 3.36. The lowest BCUT2D eigenvalue weighted by atomic mass is 9.98. The van der Waals surface area contributed by atoms with Crippen LogP contribution in [-0.2, 0) is 4.79 Å². The number of benzene rings is 1. The van der Waals surface area contributed by atoms with Crippen LogP contribution in [0.25, 0.3) is 0 Å². The van der Waals surface area contributed by atoms with Crippen molar-refractivity contribution in [3.05, 3.63) is 29.8 Å². The molecular weight excluding hydrogens is 238 g/mol. The highest BCUT2D eigenvalue weighted by molar-refractivity contribution is 6.08. The molecule has 1 amide bonds. The molecule has 0 bridgehead atoms. The molecule has 0 spiro atoms. The van der Waals surface area contributed by atoms with E-state index in [0.29, 0.717) is 30.9 Å². The van der Waals surface area contributed by atoms with E-state index in [1.165, 1.54) is 25.7 Å². The van der Waals surface area contributed by atoms with Crippen LogP contribution in [0.1, 0.15) is 48.9 Å². The van der Waals surface area contributed by atoms with Crippen molar-refractivity contribution in [2.45, 2.75) is 38.5 Å². The van der Waals surface area contributed by atoms with E-state index in [-0.39, 0.29) is 11.7 Å². The number of amides is 1. The zero-order chi connectivity index (χ0) is 13.2. The molecule has 0 N–H and O–H groups in total. The van der Waals surface area contributed by atoms with Crippen molar-refractivity contribution in [3.63, 3.8) is 0 Å². The molecule has 2 aliphatic rings. The first-order chi connectivity index (χ1) is 9.25. The molecule has 1 fully saturated rings. The summed E-state index contributed by atoms with van der Waals surface area (Å²) < 4.78 is 0. The van der Waals surface area contributed by atoms with Crippen molar-refractivity contribution in [1.82, 2.24) is 0 Å². The Morgan fingerprint density at radius 3 is 2.74 bits per heavy atom. The first-order valence-electron chi connectivity index (χ1n) is 7.18. The van der Waals surface area contributed by atoms with E-state index in [4.69, 9.17) is 0 Å². The number of carbonyl (C=O) groups is 2. The van der Waals surface area contributed by atoms with Gasteiger partial charge < -0.3 is 4.90 Å². The fourth-order valence-electron chi connectivity index (χ4n) is 3.24. The third-order valence-corrected chi connectivity index (χ3v) is 4.30. The number of nitrogens with zero attached hydrogens (tertiary/aromatic N) is 1. The Morgan fingerprint density at radius 1 is 1.21 bits per heavy atom. The molecule has 1 saturated carbocycles. The lowest BCUT2D eigenvalue weighted by molar-refractivity contribution is -0.119. The molecule has 1 aliphatic heterocycles. The topological polar surface area (TPSA) is 37.4 Å². The van der Waals surface area contributed by atoms with Crippen LogP contribution >= 0.6 is 0 Å². The summed E-state index contributed by atoms with van der Waals surface area (Å²) >= 11 is 0. The lowest BCUT2D eigenvalue weighted by Gasteiger charge is -2.29. The molecule has 0 saturated heterocycles. The van der Waals surface area contributed by atoms with Crippen molar-refractivity contribution >= 4 is 17.4 Å². The zero-order valence-electron chi connectivity index (χ0n) is 11.1. The van der Waals surface area contributed by atoms with Crippen molar-refractivity contribution < 1.29 is 9.59 Å². The maximum atomic E-state index is 12.4. The summed E-state index contributed by atoms with van der Waals surface area (Å²) in [6.45, 7) is 0.543. The summed E-state index contributed by atoms with van der Waals surface area (Å²) in [7, 11) is 0. The number of carbonyl (C=O) groups excluding carboxylic acids is 2. The Balaban J connectivity index is 1.79. The number of hydrogen-bond donors (Lipinski definition) is 0. The van der Waals surface area contributed by atoms with Crippen LogP contribution < -0.4 is 4.90 Å². The van der Waals surface area contributed by atoms with Gasteiger partial charge in [-0.05, 0) is 30.9 Å². The molecule has 0 unspecified atom stereocenters. The second kappa shape index (κ2) is 5.16.